The predicted molar refractivity (Wildman–Crippen MR) is 260 cm³/mol. The average molecular weight is 798 g/mol. The number of benzene rings is 10. The molecular formula is C57H39N3S. The summed E-state index contributed by atoms with van der Waals surface area (Å²) < 4.78 is 1.19. The topological polar surface area (TPSA) is 19.4 Å². The zero-order valence-electron chi connectivity index (χ0n) is 33.3. The van der Waals surface area contributed by atoms with Crippen molar-refractivity contribution in [3.63, 3.8) is 0 Å². The van der Waals surface area contributed by atoms with Crippen LogP contribution in [0.1, 0.15) is 0 Å². The van der Waals surface area contributed by atoms with Crippen LogP contribution < -0.4 is 9.80 Å². The van der Waals surface area contributed by atoms with Crippen LogP contribution in [-0.2, 0) is 0 Å². The molecule has 1 aromatic heterocycles. The van der Waals surface area contributed by atoms with Crippen LogP contribution in [0.4, 0.5) is 34.1 Å². The smallest absolute Gasteiger partial charge is 0.124 e. The molecule has 0 amide bonds. The molecule has 0 aliphatic rings. The Balaban J connectivity index is 1.02. The minimum absolute atomic E-state index is 0.994. The molecule has 0 fully saturated rings. The number of nitrogens with zero attached hydrogens (tertiary/aromatic N) is 3. The molecule has 0 unspecified atom stereocenters. The summed E-state index contributed by atoms with van der Waals surface area (Å²) in [6.45, 7) is 0. The van der Waals surface area contributed by atoms with Gasteiger partial charge in [-0.2, -0.15) is 0 Å². The monoisotopic (exact) mass is 797 g/mol. The third-order valence-electron chi connectivity index (χ3n) is 11.4. The van der Waals surface area contributed by atoms with Gasteiger partial charge >= 0.3 is 0 Å². The van der Waals surface area contributed by atoms with Crippen LogP contribution >= 0.6 is 11.3 Å². The Morgan fingerprint density at radius 3 is 1.33 bits per heavy atom. The summed E-state index contributed by atoms with van der Waals surface area (Å²) in [4.78, 5) is 10.1. The molecule has 0 radical (unpaired) electrons. The van der Waals surface area contributed by atoms with E-state index < -0.39 is 0 Å². The number of hydrogen-bond donors (Lipinski definition) is 0. The molecule has 0 saturated heterocycles. The zero-order chi connectivity index (χ0) is 40.5. The molecule has 288 valence electrons. The average Bonchev–Trinajstić information content (AvgIpc) is 3.80. The lowest BCUT2D eigenvalue weighted by Gasteiger charge is -2.26. The molecule has 11 rings (SSSR count). The lowest BCUT2D eigenvalue weighted by molar-refractivity contribution is 1.28. The summed E-state index contributed by atoms with van der Waals surface area (Å²) in [5.74, 6) is 0. The Morgan fingerprint density at radius 2 is 0.705 bits per heavy atom. The molecule has 61 heavy (non-hydrogen) atoms. The highest BCUT2D eigenvalue weighted by Crippen LogP contribution is 2.45. The second-order valence-corrected chi connectivity index (χ2v) is 16.2. The van der Waals surface area contributed by atoms with Gasteiger partial charge < -0.3 is 9.80 Å². The molecule has 11 aromatic rings. The minimum atomic E-state index is 0.994. The van der Waals surface area contributed by atoms with E-state index in [4.69, 9.17) is 4.98 Å². The van der Waals surface area contributed by atoms with Gasteiger partial charge in [-0.1, -0.05) is 158 Å². The van der Waals surface area contributed by atoms with Crippen LogP contribution in [0.3, 0.4) is 0 Å². The van der Waals surface area contributed by atoms with Crippen molar-refractivity contribution in [1.82, 2.24) is 4.98 Å². The normalized spacial score (nSPS) is 11.3. The predicted octanol–water partition coefficient (Wildman–Crippen LogP) is 16.5. The fraction of sp³-hybridized carbons (Fsp3) is 0. The van der Waals surface area contributed by atoms with Gasteiger partial charge in [-0.25, -0.2) is 4.98 Å². The van der Waals surface area contributed by atoms with Crippen molar-refractivity contribution in [1.29, 1.82) is 0 Å². The first-order chi connectivity index (χ1) is 30.2. The number of para-hydroxylation sites is 3. The van der Waals surface area contributed by atoms with Gasteiger partial charge in [0.15, 0.2) is 0 Å². The quantitative estimate of drug-likeness (QED) is 0.136. The van der Waals surface area contributed by atoms with Gasteiger partial charge in [0.25, 0.3) is 0 Å². The Kier molecular flexibility index (Phi) is 9.38. The first kappa shape index (κ1) is 36.3. The number of aromatic nitrogens is 1. The van der Waals surface area contributed by atoms with Crippen molar-refractivity contribution in [2.24, 2.45) is 0 Å². The number of anilines is 6. The summed E-state index contributed by atoms with van der Waals surface area (Å²) >= 11 is 1.77. The summed E-state index contributed by atoms with van der Waals surface area (Å²) in [6.07, 6.45) is 0. The second-order valence-electron chi connectivity index (χ2n) is 15.2. The van der Waals surface area contributed by atoms with Gasteiger partial charge in [0.1, 0.15) is 5.01 Å². The van der Waals surface area contributed by atoms with E-state index in [9.17, 15) is 0 Å². The Hall–Kier alpha value is -7.79. The Labute approximate surface area is 359 Å². The van der Waals surface area contributed by atoms with Crippen LogP contribution in [0.2, 0.25) is 0 Å². The third kappa shape index (κ3) is 6.89. The van der Waals surface area contributed by atoms with E-state index in [0.717, 1.165) is 61.2 Å². The van der Waals surface area contributed by atoms with Crippen molar-refractivity contribution >= 4 is 77.2 Å². The lowest BCUT2D eigenvalue weighted by atomic mass is 9.98. The third-order valence-corrected chi connectivity index (χ3v) is 12.5. The van der Waals surface area contributed by atoms with Crippen LogP contribution in [0.15, 0.2) is 237 Å². The van der Waals surface area contributed by atoms with Gasteiger partial charge in [0.05, 0.1) is 10.2 Å². The molecular weight excluding hydrogens is 759 g/mol. The molecule has 4 heteroatoms. The van der Waals surface area contributed by atoms with Crippen molar-refractivity contribution in [3.8, 4) is 32.8 Å². The highest BCUT2D eigenvalue weighted by Gasteiger charge is 2.20. The maximum atomic E-state index is 5.44. The fourth-order valence-corrected chi connectivity index (χ4v) is 9.68. The van der Waals surface area contributed by atoms with E-state index in [-0.39, 0.29) is 0 Å². The van der Waals surface area contributed by atoms with Crippen molar-refractivity contribution in [3.05, 3.63) is 237 Å². The zero-order valence-corrected chi connectivity index (χ0v) is 34.1. The van der Waals surface area contributed by atoms with Gasteiger partial charge in [-0.15, -0.1) is 11.3 Å². The molecule has 0 saturated carbocycles. The molecule has 0 N–H and O–H groups in total. The molecule has 0 aliphatic heterocycles. The van der Waals surface area contributed by atoms with Crippen LogP contribution in [0.5, 0.6) is 0 Å². The maximum Gasteiger partial charge on any atom is 0.124 e. The van der Waals surface area contributed by atoms with Gasteiger partial charge in [-0.05, 0) is 112 Å². The van der Waals surface area contributed by atoms with Gasteiger partial charge in [0.2, 0.25) is 0 Å². The van der Waals surface area contributed by atoms with E-state index in [0.29, 0.717) is 0 Å². The number of hydrogen-bond acceptors (Lipinski definition) is 4. The van der Waals surface area contributed by atoms with Crippen molar-refractivity contribution < 1.29 is 0 Å². The molecule has 3 nitrogen and oxygen atoms in total. The highest BCUT2D eigenvalue weighted by atomic mass is 32.1. The highest BCUT2D eigenvalue weighted by molar-refractivity contribution is 7.22. The largest absolute Gasteiger partial charge is 0.310 e. The van der Waals surface area contributed by atoms with E-state index in [1.807, 2.05) is 0 Å². The number of thiazole rings is 1. The van der Waals surface area contributed by atoms with E-state index in [1.54, 1.807) is 11.3 Å². The summed E-state index contributed by atoms with van der Waals surface area (Å²) in [5.41, 5.74) is 13.5. The van der Waals surface area contributed by atoms with Crippen LogP contribution in [0.25, 0.3) is 64.6 Å². The number of fused-ring (bicyclic) bond motifs is 6. The summed E-state index contributed by atoms with van der Waals surface area (Å²) in [7, 11) is 0. The van der Waals surface area contributed by atoms with Crippen LogP contribution in [-0.4, -0.2) is 4.98 Å². The van der Waals surface area contributed by atoms with Crippen molar-refractivity contribution in [2.75, 3.05) is 9.80 Å². The first-order valence-electron chi connectivity index (χ1n) is 20.6. The molecule has 10 aromatic carbocycles. The molecule has 1 heterocycles. The Bertz CT molecular complexity index is 3270. The number of rotatable bonds is 9. The van der Waals surface area contributed by atoms with Gasteiger partial charge in [-0.3, -0.25) is 0 Å². The van der Waals surface area contributed by atoms with E-state index >= 15 is 0 Å². The molecule has 0 aliphatic carbocycles. The summed E-state index contributed by atoms with van der Waals surface area (Å²) in [5, 5.41) is 5.77. The fourth-order valence-electron chi connectivity index (χ4n) is 8.56. The minimum Gasteiger partial charge on any atom is -0.310 e. The summed E-state index contributed by atoms with van der Waals surface area (Å²) in [6, 6.07) is 84.5. The van der Waals surface area contributed by atoms with E-state index in [2.05, 4.69) is 246 Å². The standard InChI is InChI=1S/C57H39N3S/c1-5-18-40(19-6-1)41-20-15-21-42(36-41)43-22-16-30-48(37-43)60(47-28-11-4-12-29-47)49-31-17-23-44(38-49)57-58-55-52-33-14-13-32-51(52)54-39-50(34-35-53(54)56(55)61-57)59(45-24-7-2-8-25-45)46-26-9-3-10-27-46/h1-39H. The molecule has 0 bridgehead atoms. The maximum absolute atomic E-state index is 5.44. The molecule has 0 spiro atoms. The SMILES string of the molecule is c1ccc(-c2cccc(-c3cccc(N(c4ccccc4)c4cccc(-c5nc6c7ccccc7c7cc(N(c8ccccc8)c8ccccc8)ccc7c6s5)c4)c3)c2)cc1. The van der Waals surface area contributed by atoms with Crippen molar-refractivity contribution in [2.45, 2.75) is 0 Å². The Morgan fingerprint density at radius 1 is 0.279 bits per heavy atom. The van der Waals surface area contributed by atoms with Gasteiger partial charge in [0, 0.05) is 50.5 Å². The first-order valence-corrected chi connectivity index (χ1v) is 21.4. The van der Waals surface area contributed by atoms with Crippen LogP contribution in [0, 0.1) is 0 Å². The lowest BCUT2D eigenvalue weighted by Crippen LogP contribution is -2.10. The second kappa shape index (κ2) is 15.8. The molecule has 0 atom stereocenters. The van der Waals surface area contributed by atoms with E-state index in [1.165, 1.54) is 37.5 Å².